The zero-order valence-corrected chi connectivity index (χ0v) is 14.2. The van der Waals surface area contributed by atoms with Gasteiger partial charge in [-0.05, 0) is 44.0 Å². The maximum absolute atomic E-state index is 9.72. The first-order chi connectivity index (χ1) is 10.0. The van der Waals surface area contributed by atoms with Crippen LogP contribution in [0, 0.1) is 13.8 Å². The van der Waals surface area contributed by atoms with Crippen LogP contribution >= 0.6 is 15.9 Å². The van der Waals surface area contributed by atoms with Crippen LogP contribution in [0.2, 0.25) is 0 Å². The van der Waals surface area contributed by atoms with Crippen LogP contribution in [0.15, 0.2) is 22.7 Å². The number of fused-ring (bicyclic) bond motifs is 1. The minimum atomic E-state index is -0.441. The van der Waals surface area contributed by atoms with Gasteiger partial charge in [0.05, 0.1) is 18.2 Å². The number of nitrogens with zero attached hydrogens (tertiary/aromatic N) is 1. The Kier molecular flexibility index (Phi) is 5.56. The lowest BCUT2D eigenvalue weighted by molar-refractivity contribution is 0.0615. The van der Waals surface area contributed by atoms with Gasteiger partial charge in [0.1, 0.15) is 0 Å². The highest BCUT2D eigenvalue weighted by atomic mass is 79.9. The number of anilines is 1. The van der Waals surface area contributed by atoms with Gasteiger partial charge in [-0.3, -0.25) is 4.98 Å². The van der Waals surface area contributed by atoms with E-state index in [1.54, 1.807) is 7.11 Å². The van der Waals surface area contributed by atoms with E-state index in [9.17, 15) is 5.11 Å². The number of aliphatic hydroxyl groups excluding tert-OH is 1. The summed E-state index contributed by atoms with van der Waals surface area (Å²) < 4.78 is 5.97. The molecule has 0 aliphatic heterocycles. The summed E-state index contributed by atoms with van der Waals surface area (Å²) in [5, 5.41) is 14.3. The first-order valence-corrected chi connectivity index (χ1v) is 7.79. The van der Waals surface area contributed by atoms with Crippen LogP contribution in [0.3, 0.4) is 0 Å². The third kappa shape index (κ3) is 3.93. The molecule has 4 nitrogen and oxygen atoms in total. The highest BCUT2D eigenvalue weighted by Crippen LogP contribution is 2.30. The fourth-order valence-electron chi connectivity index (χ4n) is 2.32. The molecule has 1 aromatic heterocycles. The first-order valence-electron chi connectivity index (χ1n) is 7.00. The molecular formula is C16H21BrN2O2. The van der Waals surface area contributed by atoms with Crippen molar-refractivity contribution in [1.82, 2.24) is 4.98 Å². The van der Waals surface area contributed by atoms with Crippen LogP contribution in [0.5, 0.6) is 0 Å². The summed E-state index contributed by atoms with van der Waals surface area (Å²) in [6.45, 7) is 5.14. The summed E-state index contributed by atoms with van der Waals surface area (Å²) in [6.07, 6.45) is 0.202. The number of aromatic nitrogens is 1. The average Bonchev–Trinajstić information content (AvgIpc) is 2.44. The van der Waals surface area contributed by atoms with Gasteiger partial charge >= 0.3 is 0 Å². The topological polar surface area (TPSA) is 54.4 Å². The van der Waals surface area contributed by atoms with E-state index in [2.05, 4.69) is 39.2 Å². The number of benzene rings is 1. The van der Waals surface area contributed by atoms with Crippen molar-refractivity contribution in [3.63, 3.8) is 0 Å². The zero-order chi connectivity index (χ0) is 15.4. The monoisotopic (exact) mass is 352 g/mol. The van der Waals surface area contributed by atoms with Crippen molar-refractivity contribution in [2.75, 3.05) is 25.6 Å². The van der Waals surface area contributed by atoms with Crippen molar-refractivity contribution in [2.24, 2.45) is 0 Å². The number of hydrogen-bond donors (Lipinski definition) is 2. The average molecular weight is 353 g/mol. The molecule has 5 heteroatoms. The van der Waals surface area contributed by atoms with Crippen molar-refractivity contribution >= 4 is 32.5 Å². The van der Waals surface area contributed by atoms with Crippen LogP contribution in [0.25, 0.3) is 10.9 Å². The first kappa shape index (κ1) is 16.2. The molecule has 1 heterocycles. The SMILES string of the molecule is COCC(O)CCNc1c(C)c(C)nc2ccc(Br)cc12. The molecule has 1 aromatic carbocycles. The van der Waals surface area contributed by atoms with Crippen LogP contribution in [0.1, 0.15) is 17.7 Å². The van der Waals surface area contributed by atoms with Gasteiger partial charge < -0.3 is 15.2 Å². The van der Waals surface area contributed by atoms with E-state index in [4.69, 9.17) is 4.74 Å². The molecule has 114 valence electrons. The molecule has 0 aliphatic carbocycles. The summed E-state index contributed by atoms with van der Waals surface area (Å²) in [4.78, 5) is 4.62. The van der Waals surface area contributed by atoms with Crippen molar-refractivity contribution in [3.8, 4) is 0 Å². The van der Waals surface area contributed by atoms with E-state index in [-0.39, 0.29) is 0 Å². The van der Waals surface area contributed by atoms with Gasteiger partial charge in [0.25, 0.3) is 0 Å². The van der Waals surface area contributed by atoms with Crippen molar-refractivity contribution in [3.05, 3.63) is 33.9 Å². The number of hydrogen-bond acceptors (Lipinski definition) is 4. The lowest BCUT2D eigenvalue weighted by Crippen LogP contribution is -2.18. The predicted molar refractivity (Wildman–Crippen MR) is 89.9 cm³/mol. The summed E-state index contributed by atoms with van der Waals surface area (Å²) in [7, 11) is 1.60. The highest BCUT2D eigenvalue weighted by molar-refractivity contribution is 9.10. The Balaban J connectivity index is 2.25. The second-order valence-electron chi connectivity index (χ2n) is 5.18. The van der Waals surface area contributed by atoms with Crippen molar-refractivity contribution in [2.45, 2.75) is 26.4 Å². The van der Waals surface area contributed by atoms with Gasteiger partial charge in [-0.25, -0.2) is 0 Å². The number of nitrogens with one attached hydrogen (secondary N) is 1. The molecule has 0 bridgehead atoms. The smallest absolute Gasteiger partial charge is 0.0790 e. The molecule has 1 atom stereocenters. The fourth-order valence-corrected chi connectivity index (χ4v) is 2.68. The fraction of sp³-hybridized carbons (Fsp3) is 0.438. The number of methoxy groups -OCH3 is 1. The Morgan fingerprint density at radius 1 is 1.38 bits per heavy atom. The van der Waals surface area contributed by atoms with Crippen LogP contribution in [-0.2, 0) is 4.74 Å². The maximum atomic E-state index is 9.72. The number of aliphatic hydroxyl groups is 1. The molecule has 2 rings (SSSR count). The Labute approximate surface area is 133 Å². The molecule has 0 radical (unpaired) electrons. The summed E-state index contributed by atoms with van der Waals surface area (Å²) in [6, 6.07) is 6.08. The van der Waals surface area contributed by atoms with Crippen molar-refractivity contribution in [1.29, 1.82) is 0 Å². The molecule has 0 fully saturated rings. The number of halogens is 1. The van der Waals surface area contributed by atoms with E-state index < -0.39 is 6.10 Å². The molecule has 2 N–H and O–H groups in total. The summed E-state index contributed by atoms with van der Waals surface area (Å²) >= 11 is 3.51. The maximum Gasteiger partial charge on any atom is 0.0790 e. The van der Waals surface area contributed by atoms with E-state index in [1.165, 1.54) is 0 Å². The second kappa shape index (κ2) is 7.20. The highest BCUT2D eigenvalue weighted by Gasteiger charge is 2.10. The lowest BCUT2D eigenvalue weighted by atomic mass is 10.1. The van der Waals surface area contributed by atoms with Gasteiger partial charge in [-0.2, -0.15) is 0 Å². The van der Waals surface area contributed by atoms with Gasteiger partial charge in [0, 0.05) is 34.9 Å². The minimum Gasteiger partial charge on any atom is -0.391 e. The Hall–Kier alpha value is -1.17. The van der Waals surface area contributed by atoms with E-state index in [0.29, 0.717) is 19.6 Å². The Morgan fingerprint density at radius 3 is 2.86 bits per heavy atom. The normalized spacial score (nSPS) is 12.6. The van der Waals surface area contributed by atoms with E-state index in [0.717, 1.165) is 32.3 Å². The molecular weight excluding hydrogens is 332 g/mol. The quantitative estimate of drug-likeness (QED) is 0.836. The summed E-state index contributed by atoms with van der Waals surface area (Å²) in [5.74, 6) is 0. The molecule has 0 saturated heterocycles. The molecule has 21 heavy (non-hydrogen) atoms. The molecule has 0 spiro atoms. The second-order valence-corrected chi connectivity index (χ2v) is 6.10. The number of aryl methyl sites for hydroxylation is 1. The molecule has 1 unspecified atom stereocenters. The van der Waals surface area contributed by atoms with Crippen molar-refractivity contribution < 1.29 is 9.84 Å². The Morgan fingerprint density at radius 2 is 2.14 bits per heavy atom. The minimum absolute atomic E-state index is 0.363. The van der Waals surface area contributed by atoms with Gasteiger partial charge in [0.2, 0.25) is 0 Å². The third-order valence-corrected chi connectivity index (χ3v) is 4.07. The van der Waals surface area contributed by atoms with Gasteiger partial charge in [-0.1, -0.05) is 15.9 Å². The molecule has 0 saturated carbocycles. The molecule has 2 aromatic rings. The van der Waals surface area contributed by atoms with Gasteiger partial charge in [0.15, 0.2) is 0 Å². The van der Waals surface area contributed by atoms with E-state index in [1.807, 2.05) is 19.1 Å². The van der Waals surface area contributed by atoms with Crippen LogP contribution < -0.4 is 5.32 Å². The third-order valence-electron chi connectivity index (χ3n) is 3.57. The number of ether oxygens (including phenoxy) is 1. The van der Waals surface area contributed by atoms with Crippen LogP contribution in [0.4, 0.5) is 5.69 Å². The Bertz CT molecular complexity index is 631. The van der Waals surface area contributed by atoms with Crippen LogP contribution in [-0.4, -0.2) is 36.5 Å². The number of pyridine rings is 1. The number of rotatable bonds is 6. The molecule has 0 amide bonds. The lowest BCUT2D eigenvalue weighted by Gasteiger charge is -2.16. The predicted octanol–water partition coefficient (Wildman–Crippen LogP) is 3.42. The largest absolute Gasteiger partial charge is 0.391 e. The standard InChI is InChI=1S/C16H21BrN2O2/c1-10-11(2)19-15-5-4-12(17)8-14(15)16(10)18-7-6-13(20)9-21-3/h4-5,8,13,20H,6-7,9H2,1-3H3,(H,18,19). The van der Waals surface area contributed by atoms with Gasteiger partial charge in [-0.15, -0.1) is 0 Å². The molecule has 0 aliphatic rings. The zero-order valence-electron chi connectivity index (χ0n) is 12.6. The summed E-state index contributed by atoms with van der Waals surface area (Å²) in [5.41, 5.74) is 4.22. The van der Waals surface area contributed by atoms with E-state index >= 15 is 0 Å².